The minimum absolute atomic E-state index is 0. The maximum atomic E-state index is 13.1. The molecule has 0 heterocycles. The van der Waals surface area contributed by atoms with Crippen LogP contribution in [0.4, 0.5) is 8.78 Å². The van der Waals surface area contributed by atoms with E-state index in [1.165, 1.54) is 12.1 Å². The third kappa shape index (κ3) is 6.22. The summed E-state index contributed by atoms with van der Waals surface area (Å²) in [6, 6.07) is 11.0. The smallest absolute Gasteiger partial charge is 0.255 e. The lowest BCUT2D eigenvalue weighted by Crippen LogP contribution is -2.20. The highest BCUT2D eigenvalue weighted by molar-refractivity contribution is 5.85. The van der Waals surface area contributed by atoms with Crippen molar-refractivity contribution in [2.45, 2.75) is 13.1 Å². The molecule has 0 aliphatic heterocycles. The number of ether oxygens (including phenoxy) is 1. The molecular weight excluding hydrogens is 326 g/mol. The highest BCUT2D eigenvalue weighted by Gasteiger charge is 2.02. The summed E-state index contributed by atoms with van der Waals surface area (Å²) in [4.78, 5) is 10.6. The topological polar surface area (TPSA) is 64.4 Å². The summed E-state index contributed by atoms with van der Waals surface area (Å²) >= 11 is 0. The maximum Gasteiger partial charge on any atom is 0.255 e. The van der Waals surface area contributed by atoms with Gasteiger partial charge in [-0.2, -0.15) is 0 Å². The zero-order valence-electron chi connectivity index (χ0n) is 12.2. The number of halogens is 3. The van der Waals surface area contributed by atoms with Gasteiger partial charge in [0, 0.05) is 13.1 Å². The molecule has 4 nitrogen and oxygen atoms in total. The number of benzene rings is 2. The zero-order valence-corrected chi connectivity index (χ0v) is 13.0. The van der Waals surface area contributed by atoms with Crippen LogP contribution in [0.15, 0.2) is 42.5 Å². The molecule has 7 heteroatoms. The molecule has 0 atom stereocenters. The van der Waals surface area contributed by atoms with Gasteiger partial charge < -0.3 is 15.8 Å². The first-order chi connectivity index (χ1) is 10.5. The molecule has 0 saturated carbocycles. The van der Waals surface area contributed by atoms with E-state index in [0.29, 0.717) is 24.4 Å². The predicted octanol–water partition coefficient (Wildman–Crippen LogP) is 2.54. The van der Waals surface area contributed by atoms with Crippen molar-refractivity contribution in [3.8, 4) is 5.75 Å². The molecule has 124 valence electrons. The van der Waals surface area contributed by atoms with Crippen LogP contribution in [0.1, 0.15) is 11.1 Å². The monoisotopic (exact) mass is 342 g/mol. The van der Waals surface area contributed by atoms with Gasteiger partial charge in [0.15, 0.2) is 18.2 Å². The molecule has 2 aromatic rings. The molecule has 0 fully saturated rings. The van der Waals surface area contributed by atoms with E-state index in [1.54, 1.807) is 12.1 Å². The standard InChI is InChI=1S/C16H16F2N2O2.ClH/c17-14-6-3-12(7-15(14)18)9-20-8-11-1-4-13(5-2-11)22-10-16(19)21;/h1-7,20H,8-10H2,(H2,19,21);1H. The Morgan fingerprint density at radius 3 is 2.22 bits per heavy atom. The van der Waals surface area contributed by atoms with Crippen molar-refractivity contribution in [1.29, 1.82) is 0 Å². The average molecular weight is 343 g/mol. The fraction of sp³-hybridized carbons (Fsp3) is 0.188. The Kier molecular flexibility index (Phi) is 7.44. The molecule has 0 saturated heterocycles. The van der Waals surface area contributed by atoms with Crippen LogP contribution in [-0.2, 0) is 17.9 Å². The summed E-state index contributed by atoms with van der Waals surface area (Å²) in [5.41, 5.74) is 6.65. The summed E-state index contributed by atoms with van der Waals surface area (Å²) in [7, 11) is 0. The quantitative estimate of drug-likeness (QED) is 0.812. The van der Waals surface area contributed by atoms with E-state index in [9.17, 15) is 13.6 Å². The Morgan fingerprint density at radius 2 is 1.61 bits per heavy atom. The van der Waals surface area contributed by atoms with Crippen LogP contribution in [0.3, 0.4) is 0 Å². The lowest BCUT2D eigenvalue weighted by atomic mass is 10.2. The summed E-state index contributed by atoms with van der Waals surface area (Å²) in [5, 5.41) is 3.13. The summed E-state index contributed by atoms with van der Waals surface area (Å²) in [5.74, 6) is -1.68. The number of hydrogen-bond donors (Lipinski definition) is 2. The fourth-order valence-electron chi connectivity index (χ4n) is 1.86. The van der Waals surface area contributed by atoms with E-state index < -0.39 is 17.5 Å². The van der Waals surface area contributed by atoms with Gasteiger partial charge in [0.05, 0.1) is 0 Å². The molecule has 2 aromatic carbocycles. The Bertz CT molecular complexity index is 651. The van der Waals surface area contributed by atoms with Crippen LogP contribution in [0.5, 0.6) is 5.75 Å². The second kappa shape index (κ2) is 9.07. The van der Waals surface area contributed by atoms with Gasteiger partial charge in [0.25, 0.3) is 5.91 Å². The number of rotatable bonds is 7. The molecule has 0 aliphatic carbocycles. The van der Waals surface area contributed by atoms with Crippen LogP contribution < -0.4 is 15.8 Å². The van der Waals surface area contributed by atoms with E-state index in [2.05, 4.69) is 5.32 Å². The molecule has 0 aromatic heterocycles. The lowest BCUT2D eigenvalue weighted by Gasteiger charge is -2.07. The summed E-state index contributed by atoms with van der Waals surface area (Å²) in [6.07, 6.45) is 0. The van der Waals surface area contributed by atoms with Crippen LogP contribution in [0.25, 0.3) is 0 Å². The normalized spacial score (nSPS) is 10.0. The molecular formula is C16H17ClF2N2O2. The molecule has 23 heavy (non-hydrogen) atoms. The van der Waals surface area contributed by atoms with Crippen molar-refractivity contribution in [3.05, 3.63) is 65.2 Å². The highest BCUT2D eigenvalue weighted by Crippen LogP contribution is 2.12. The number of amides is 1. The van der Waals surface area contributed by atoms with Crippen LogP contribution in [0.2, 0.25) is 0 Å². The zero-order chi connectivity index (χ0) is 15.9. The van der Waals surface area contributed by atoms with Gasteiger partial charge in [-0.1, -0.05) is 18.2 Å². The number of carbonyl (C=O) groups excluding carboxylic acids is 1. The maximum absolute atomic E-state index is 13.1. The van der Waals surface area contributed by atoms with Crippen molar-refractivity contribution in [3.63, 3.8) is 0 Å². The summed E-state index contributed by atoms with van der Waals surface area (Å²) in [6.45, 7) is 0.833. The van der Waals surface area contributed by atoms with Crippen molar-refractivity contribution >= 4 is 18.3 Å². The molecule has 0 radical (unpaired) electrons. The molecule has 1 amide bonds. The van der Waals surface area contributed by atoms with Gasteiger partial charge >= 0.3 is 0 Å². The van der Waals surface area contributed by atoms with E-state index >= 15 is 0 Å². The Hall–Kier alpha value is -2.18. The van der Waals surface area contributed by atoms with E-state index in [4.69, 9.17) is 10.5 Å². The largest absolute Gasteiger partial charge is 0.484 e. The minimum Gasteiger partial charge on any atom is -0.484 e. The third-order valence-corrected chi connectivity index (χ3v) is 2.95. The minimum atomic E-state index is -0.852. The number of nitrogens with one attached hydrogen (secondary N) is 1. The predicted molar refractivity (Wildman–Crippen MR) is 85.3 cm³/mol. The lowest BCUT2D eigenvalue weighted by molar-refractivity contribution is -0.119. The van der Waals surface area contributed by atoms with Crippen LogP contribution in [0, 0.1) is 11.6 Å². The van der Waals surface area contributed by atoms with Gasteiger partial charge in [0.2, 0.25) is 0 Å². The van der Waals surface area contributed by atoms with Crippen LogP contribution >= 0.6 is 12.4 Å². The molecule has 0 spiro atoms. The van der Waals surface area contributed by atoms with Gasteiger partial charge in [-0.25, -0.2) is 8.78 Å². The second-order valence-electron chi connectivity index (χ2n) is 4.75. The first-order valence-corrected chi connectivity index (χ1v) is 6.69. The molecule has 3 N–H and O–H groups in total. The van der Waals surface area contributed by atoms with E-state index in [1.807, 2.05) is 12.1 Å². The number of primary amides is 1. The fourth-order valence-corrected chi connectivity index (χ4v) is 1.86. The van der Waals surface area contributed by atoms with Gasteiger partial charge in [0.1, 0.15) is 5.75 Å². The van der Waals surface area contributed by atoms with E-state index in [-0.39, 0.29) is 19.0 Å². The van der Waals surface area contributed by atoms with Crippen molar-refractivity contribution in [1.82, 2.24) is 5.32 Å². The van der Waals surface area contributed by atoms with Crippen molar-refractivity contribution in [2.24, 2.45) is 5.73 Å². The molecule has 0 bridgehead atoms. The molecule has 2 rings (SSSR count). The Labute approximate surface area is 139 Å². The average Bonchev–Trinajstić information content (AvgIpc) is 2.50. The highest BCUT2D eigenvalue weighted by atomic mass is 35.5. The Morgan fingerprint density at radius 1 is 1.00 bits per heavy atom. The number of carbonyl (C=O) groups is 1. The first-order valence-electron chi connectivity index (χ1n) is 6.69. The molecule has 0 aliphatic rings. The van der Waals surface area contributed by atoms with Gasteiger partial charge in [-0.15, -0.1) is 12.4 Å². The van der Waals surface area contributed by atoms with Gasteiger partial charge in [-0.05, 0) is 35.4 Å². The number of nitrogens with two attached hydrogens (primary N) is 1. The SMILES string of the molecule is Cl.NC(=O)COc1ccc(CNCc2ccc(F)c(F)c2)cc1. The van der Waals surface area contributed by atoms with Crippen LogP contribution in [-0.4, -0.2) is 12.5 Å². The van der Waals surface area contributed by atoms with E-state index in [0.717, 1.165) is 11.6 Å². The Balaban J connectivity index is 0.00000264. The first kappa shape index (κ1) is 18.9. The number of hydrogen-bond acceptors (Lipinski definition) is 3. The second-order valence-corrected chi connectivity index (χ2v) is 4.75. The summed E-state index contributed by atoms with van der Waals surface area (Å²) < 4.78 is 31.0. The van der Waals surface area contributed by atoms with Crippen molar-refractivity contribution < 1.29 is 18.3 Å². The molecule has 0 unspecified atom stereocenters. The van der Waals surface area contributed by atoms with Crippen molar-refractivity contribution in [2.75, 3.05) is 6.61 Å². The van der Waals surface area contributed by atoms with Gasteiger partial charge in [-0.3, -0.25) is 4.79 Å². The third-order valence-electron chi connectivity index (χ3n) is 2.95.